The van der Waals surface area contributed by atoms with Crippen LogP contribution in [0.5, 0.6) is 0 Å². The van der Waals surface area contributed by atoms with Gasteiger partial charge in [0.25, 0.3) is 5.91 Å². The summed E-state index contributed by atoms with van der Waals surface area (Å²) in [5.74, 6) is -1.10. The van der Waals surface area contributed by atoms with Gasteiger partial charge in [-0.05, 0) is 43.9 Å². The fraction of sp³-hybridized carbons (Fsp3) is 0.818. The maximum absolute atomic E-state index is 13.5. The minimum absolute atomic E-state index is 0.0383. The van der Waals surface area contributed by atoms with E-state index in [1.54, 1.807) is 13.0 Å². The van der Waals surface area contributed by atoms with Gasteiger partial charge in [0.05, 0.1) is 11.7 Å². The number of nitrogens with one attached hydrogen (secondary N) is 1. The van der Waals surface area contributed by atoms with Gasteiger partial charge in [-0.25, -0.2) is 4.79 Å². The number of hydrogen-bond acceptors (Lipinski definition) is 7. The van der Waals surface area contributed by atoms with Crippen molar-refractivity contribution in [1.29, 1.82) is 0 Å². The summed E-state index contributed by atoms with van der Waals surface area (Å²) in [5.41, 5.74) is -0.733. The Morgan fingerprint density at radius 1 is 0.623 bits per heavy atom. The minimum Gasteiger partial charge on any atom is -0.478 e. The van der Waals surface area contributed by atoms with Gasteiger partial charge in [0.15, 0.2) is 0 Å². The molecule has 0 aliphatic carbocycles. The second-order valence-electron chi connectivity index (χ2n) is 15.8. The second kappa shape index (κ2) is 29.6. The Kier molecular flexibility index (Phi) is 26.5. The summed E-state index contributed by atoms with van der Waals surface area (Å²) < 4.78 is 5.71. The summed E-state index contributed by atoms with van der Waals surface area (Å²) in [6, 6.07) is 4.43. The van der Waals surface area contributed by atoms with Crippen LogP contribution in [-0.2, 0) is 4.74 Å². The van der Waals surface area contributed by atoms with Crippen molar-refractivity contribution in [2.24, 2.45) is 5.92 Å². The first kappa shape index (κ1) is 47.5. The van der Waals surface area contributed by atoms with Gasteiger partial charge in [0.1, 0.15) is 23.7 Å². The third-order valence-corrected chi connectivity index (χ3v) is 12.1. The van der Waals surface area contributed by atoms with Crippen LogP contribution in [0.3, 0.4) is 0 Å². The van der Waals surface area contributed by atoms with E-state index >= 15 is 0 Å². The number of aliphatic hydroxyl groups excluding tert-OH is 3. The molecule has 0 aromatic heterocycles. The van der Waals surface area contributed by atoms with Gasteiger partial charge < -0.3 is 30.5 Å². The van der Waals surface area contributed by atoms with E-state index in [1.165, 1.54) is 153 Å². The van der Waals surface area contributed by atoms with Gasteiger partial charge in [-0.3, -0.25) is 4.79 Å². The first-order chi connectivity index (χ1) is 25.7. The van der Waals surface area contributed by atoms with Crippen LogP contribution in [0.15, 0.2) is 23.1 Å². The predicted molar refractivity (Wildman–Crippen MR) is 219 cm³/mol. The molecule has 1 heterocycles. The third kappa shape index (κ3) is 20.7. The molecule has 1 aliphatic heterocycles. The minimum atomic E-state index is -1.39. The average Bonchev–Trinajstić information content (AvgIpc) is 3.15. The van der Waals surface area contributed by atoms with Crippen LogP contribution >= 0.6 is 11.8 Å². The molecule has 1 saturated heterocycles. The molecule has 2 rings (SSSR count). The molecule has 9 heteroatoms. The van der Waals surface area contributed by atoms with Gasteiger partial charge in [-0.15, -0.1) is 0 Å². The highest BCUT2D eigenvalue weighted by molar-refractivity contribution is 7.99. The quantitative estimate of drug-likeness (QED) is 0.0458. The highest BCUT2D eigenvalue weighted by Gasteiger charge is 2.42. The number of amides is 1. The number of aromatic carboxylic acids is 1. The van der Waals surface area contributed by atoms with Crippen LogP contribution in [0, 0.1) is 5.92 Å². The normalized spacial score (nSPS) is 20.2. The Balaban J connectivity index is 1.87. The molecule has 0 radical (unpaired) electrons. The number of ether oxygens (including phenoxy) is 1. The van der Waals surface area contributed by atoms with E-state index in [1.807, 2.05) is 0 Å². The van der Waals surface area contributed by atoms with Crippen molar-refractivity contribution in [1.82, 2.24) is 5.32 Å². The number of carbonyl (C=O) groups excluding carboxylic acids is 1. The SMILES string of the molecule is CCCCCCCCCCCCCCC(CCCCCCCCCCCCCC)CNC(=O)c1cc(SC2O[C@H](C)[C@H](O)[C@H](O)[C@H]2O)cc(C(=O)O)c1. The Hall–Kier alpha value is -1.65. The van der Waals surface area contributed by atoms with Crippen molar-refractivity contribution in [3.63, 3.8) is 0 Å². The van der Waals surface area contributed by atoms with Crippen molar-refractivity contribution < 1.29 is 34.8 Å². The number of thioether (sulfide) groups is 1. The molecule has 5 N–H and O–H groups in total. The summed E-state index contributed by atoms with van der Waals surface area (Å²) in [7, 11) is 0. The van der Waals surface area contributed by atoms with Crippen LogP contribution in [0.2, 0.25) is 0 Å². The van der Waals surface area contributed by atoms with E-state index < -0.39 is 35.8 Å². The lowest BCUT2D eigenvalue weighted by Gasteiger charge is -2.39. The molecule has 0 bridgehead atoms. The molecule has 1 aromatic rings. The van der Waals surface area contributed by atoms with Crippen molar-refractivity contribution in [3.05, 3.63) is 29.3 Å². The zero-order valence-corrected chi connectivity index (χ0v) is 34.5. The van der Waals surface area contributed by atoms with Gasteiger partial charge in [0, 0.05) is 17.0 Å². The van der Waals surface area contributed by atoms with Crippen LogP contribution in [0.25, 0.3) is 0 Å². The number of hydrogen-bond donors (Lipinski definition) is 5. The third-order valence-electron chi connectivity index (χ3n) is 11.0. The number of carbonyl (C=O) groups is 2. The summed E-state index contributed by atoms with van der Waals surface area (Å²) in [6.07, 6.45) is 29.0. The monoisotopic (exact) mass is 764 g/mol. The Labute approximate surface area is 327 Å². The Morgan fingerprint density at radius 2 is 1.04 bits per heavy atom. The second-order valence-corrected chi connectivity index (χ2v) is 17.0. The fourth-order valence-electron chi connectivity index (χ4n) is 7.40. The highest BCUT2D eigenvalue weighted by Crippen LogP contribution is 2.34. The predicted octanol–water partition coefficient (Wildman–Crippen LogP) is 10.8. The van der Waals surface area contributed by atoms with E-state index in [0.29, 0.717) is 17.4 Å². The smallest absolute Gasteiger partial charge is 0.335 e. The van der Waals surface area contributed by atoms with Crippen LogP contribution < -0.4 is 5.32 Å². The fourth-order valence-corrected chi connectivity index (χ4v) is 8.59. The number of aliphatic hydroxyl groups is 3. The van der Waals surface area contributed by atoms with Gasteiger partial charge >= 0.3 is 5.97 Å². The van der Waals surface area contributed by atoms with E-state index in [9.17, 15) is 30.0 Å². The number of unbranched alkanes of at least 4 members (excludes halogenated alkanes) is 22. The Bertz CT molecular complexity index is 1080. The molecule has 1 aliphatic rings. The molecule has 1 aromatic carbocycles. The van der Waals surface area contributed by atoms with E-state index in [4.69, 9.17) is 4.74 Å². The van der Waals surface area contributed by atoms with Crippen molar-refractivity contribution in [3.8, 4) is 0 Å². The molecule has 5 atom stereocenters. The zero-order valence-electron chi connectivity index (χ0n) is 33.7. The number of carboxylic acids is 1. The van der Waals surface area contributed by atoms with Crippen LogP contribution in [-0.4, -0.2) is 68.7 Å². The summed E-state index contributed by atoms with van der Waals surface area (Å²) in [4.78, 5) is 25.9. The molecule has 8 nitrogen and oxygen atoms in total. The zero-order chi connectivity index (χ0) is 38.7. The number of benzene rings is 1. The average molecular weight is 764 g/mol. The van der Waals surface area contributed by atoms with E-state index in [0.717, 1.165) is 37.4 Å². The molecular weight excluding hydrogens is 687 g/mol. The number of carboxylic acid groups (broad SMARTS) is 1. The lowest BCUT2D eigenvalue weighted by atomic mass is 9.93. The maximum atomic E-state index is 13.5. The highest BCUT2D eigenvalue weighted by atomic mass is 32.2. The topological polar surface area (TPSA) is 136 Å². The first-order valence-corrected chi connectivity index (χ1v) is 22.6. The molecule has 1 unspecified atom stereocenters. The number of rotatable bonds is 32. The summed E-state index contributed by atoms with van der Waals surface area (Å²) in [5, 5.41) is 43.7. The van der Waals surface area contributed by atoms with Crippen molar-refractivity contribution in [2.75, 3.05) is 6.54 Å². The molecule has 1 amide bonds. The van der Waals surface area contributed by atoms with E-state index in [-0.39, 0.29) is 17.0 Å². The lowest BCUT2D eigenvalue weighted by molar-refractivity contribution is -0.192. The molecule has 0 spiro atoms. The standard InChI is InChI=1S/C44H77NO7S/c1-4-6-8-10-12-14-16-18-20-22-24-26-28-35(29-27-25-23-21-19-17-15-13-11-9-7-5-2)33-45-42(49)36-30-37(43(50)51)32-38(31-36)53-44-41(48)40(47)39(46)34(3)52-44/h30-32,34-35,39-41,44,46-48H,4-29,33H2,1-3H3,(H,45,49)(H,50,51)/t34-,39+,40+,41-,44?/m1/s1. The Morgan fingerprint density at radius 3 is 1.47 bits per heavy atom. The van der Waals surface area contributed by atoms with E-state index in [2.05, 4.69) is 19.2 Å². The molecule has 0 saturated carbocycles. The van der Waals surface area contributed by atoms with Crippen molar-refractivity contribution in [2.45, 2.75) is 222 Å². The van der Waals surface area contributed by atoms with Crippen LogP contribution in [0.1, 0.15) is 208 Å². The van der Waals surface area contributed by atoms with Crippen LogP contribution in [0.4, 0.5) is 0 Å². The largest absolute Gasteiger partial charge is 0.478 e. The van der Waals surface area contributed by atoms with Crippen molar-refractivity contribution >= 4 is 23.6 Å². The molecular formula is C44H77NO7S. The van der Waals surface area contributed by atoms with Gasteiger partial charge in [-0.1, -0.05) is 180 Å². The maximum Gasteiger partial charge on any atom is 0.335 e. The molecule has 53 heavy (non-hydrogen) atoms. The molecule has 306 valence electrons. The van der Waals surface area contributed by atoms with Gasteiger partial charge in [-0.2, -0.15) is 0 Å². The summed E-state index contributed by atoms with van der Waals surface area (Å²) >= 11 is 1.03. The first-order valence-electron chi connectivity index (χ1n) is 21.7. The molecule has 1 fully saturated rings. The summed E-state index contributed by atoms with van der Waals surface area (Å²) in [6.45, 7) is 6.69. The van der Waals surface area contributed by atoms with Gasteiger partial charge in [0.2, 0.25) is 0 Å². The lowest BCUT2D eigenvalue weighted by Crippen LogP contribution is -2.55.